The average molecular weight is 632 g/mol. The van der Waals surface area contributed by atoms with E-state index >= 15 is 0 Å². The quantitative estimate of drug-likeness (QED) is 0.212. The molecule has 3 N–H and O–H groups in total. The van der Waals surface area contributed by atoms with Crippen LogP contribution in [0.4, 0.5) is 10.1 Å². The smallest absolute Gasteiger partial charge is 0.260 e. The Hall–Kier alpha value is -4.74. The second kappa shape index (κ2) is 10.4. The van der Waals surface area contributed by atoms with Gasteiger partial charge in [-0.3, -0.25) is 29.8 Å². The summed E-state index contributed by atoms with van der Waals surface area (Å²) in [7, 11) is 1.46. The SMILES string of the molecule is COc1ccc(O)c(C2C3=CCC4C(=O)N(O)C(=O)C4C3CC3C(=O)N(Nc4ccc(F)cc4)C(=O)C32c2ccc(Cl)cc2)c1. The fraction of sp³-hybridized carbons (Fsp3) is 0.273. The predicted octanol–water partition coefficient (Wildman–Crippen LogP) is 4.57. The maximum absolute atomic E-state index is 15.0. The Morgan fingerprint density at radius 1 is 0.956 bits per heavy atom. The molecule has 6 unspecified atom stereocenters. The molecular weight excluding hydrogens is 605 g/mol. The number of phenolic OH excluding ortho intramolecular Hbond substituents is 1. The van der Waals surface area contributed by atoms with Gasteiger partial charge in [-0.25, -0.2) is 4.39 Å². The Bertz CT molecular complexity index is 1800. The second-order valence-electron chi connectivity index (χ2n) is 11.8. The Labute approximate surface area is 261 Å². The molecule has 2 saturated heterocycles. The standard InChI is InChI=1S/C33H27ClFN3O7/c1-45-20-10-13-26(39)24(14-20)28-21-11-12-22-27(31(42)38(44)29(22)40)23(21)15-25-30(41)37(36-19-8-6-18(35)7-9-19)32(43)33(25,28)16-2-4-17(34)5-3-16/h2-11,13-14,22-23,25,27-28,36,39,44H,12,15H2,1H3. The largest absolute Gasteiger partial charge is 0.508 e. The van der Waals surface area contributed by atoms with Gasteiger partial charge in [0.2, 0.25) is 0 Å². The normalized spacial score (nSPS) is 28.9. The van der Waals surface area contributed by atoms with Crippen LogP contribution < -0.4 is 10.2 Å². The highest BCUT2D eigenvalue weighted by Gasteiger charge is 2.70. The lowest BCUT2D eigenvalue weighted by molar-refractivity contribution is -0.173. The number of hydrogen-bond donors (Lipinski definition) is 3. The van der Waals surface area contributed by atoms with E-state index in [1.165, 1.54) is 37.4 Å². The number of carbonyl (C=O) groups is 4. The maximum atomic E-state index is 15.0. The van der Waals surface area contributed by atoms with E-state index in [2.05, 4.69) is 5.43 Å². The summed E-state index contributed by atoms with van der Waals surface area (Å²) in [5, 5.41) is 23.1. The van der Waals surface area contributed by atoms with E-state index < -0.39 is 64.5 Å². The number of halogens is 2. The number of hydrogen-bond acceptors (Lipinski definition) is 8. The molecule has 3 aromatic carbocycles. The van der Waals surface area contributed by atoms with Gasteiger partial charge in [-0.15, -0.1) is 0 Å². The van der Waals surface area contributed by atoms with Crippen LogP contribution in [-0.2, 0) is 24.6 Å². The zero-order valence-electron chi connectivity index (χ0n) is 23.8. The fourth-order valence-electron chi connectivity index (χ4n) is 7.87. The summed E-state index contributed by atoms with van der Waals surface area (Å²) in [6.07, 6.45) is 1.90. The predicted molar refractivity (Wildman–Crippen MR) is 157 cm³/mol. The van der Waals surface area contributed by atoms with Crippen LogP contribution in [-0.4, -0.2) is 51.1 Å². The van der Waals surface area contributed by atoms with Crippen molar-refractivity contribution in [3.8, 4) is 11.5 Å². The number of imide groups is 2. The zero-order chi connectivity index (χ0) is 31.8. The number of allylic oxidation sites excluding steroid dienone is 2. The first kappa shape index (κ1) is 29.0. The number of benzene rings is 3. The van der Waals surface area contributed by atoms with Gasteiger partial charge in [0, 0.05) is 16.5 Å². The number of ether oxygens (including phenoxy) is 1. The summed E-state index contributed by atoms with van der Waals surface area (Å²) in [5.74, 6) is -7.64. The summed E-state index contributed by atoms with van der Waals surface area (Å²) in [6, 6.07) is 16.3. The van der Waals surface area contributed by atoms with Gasteiger partial charge in [0.15, 0.2) is 0 Å². The Balaban J connectivity index is 1.49. The van der Waals surface area contributed by atoms with E-state index in [9.17, 15) is 33.9 Å². The summed E-state index contributed by atoms with van der Waals surface area (Å²) in [4.78, 5) is 55.6. The molecule has 3 fully saturated rings. The molecule has 10 nitrogen and oxygen atoms in total. The number of nitrogens with zero attached hydrogens (tertiary/aromatic N) is 2. The van der Waals surface area contributed by atoms with Crippen molar-refractivity contribution < 1.29 is 38.6 Å². The third-order valence-corrected chi connectivity index (χ3v) is 10.0. The highest BCUT2D eigenvalue weighted by atomic mass is 35.5. The van der Waals surface area contributed by atoms with Crippen molar-refractivity contribution in [1.82, 2.24) is 10.1 Å². The number of aromatic hydroxyl groups is 1. The van der Waals surface area contributed by atoms with E-state index in [0.717, 1.165) is 5.01 Å². The van der Waals surface area contributed by atoms with Gasteiger partial charge < -0.3 is 9.84 Å². The number of hydrazine groups is 1. The number of amides is 4. The second-order valence-corrected chi connectivity index (χ2v) is 12.2. The minimum atomic E-state index is -1.65. The van der Waals surface area contributed by atoms with Crippen LogP contribution in [0, 0.1) is 29.5 Å². The van der Waals surface area contributed by atoms with E-state index in [1.54, 1.807) is 42.5 Å². The van der Waals surface area contributed by atoms with Crippen molar-refractivity contribution in [3.63, 3.8) is 0 Å². The van der Waals surface area contributed by atoms with Gasteiger partial charge in [-0.2, -0.15) is 10.1 Å². The van der Waals surface area contributed by atoms with Crippen molar-refractivity contribution in [2.75, 3.05) is 12.5 Å². The fourth-order valence-corrected chi connectivity index (χ4v) is 8.00. The van der Waals surface area contributed by atoms with Gasteiger partial charge in [0.1, 0.15) is 17.3 Å². The van der Waals surface area contributed by atoms with Gasteiger partial charge in [-0.1, -0.05) is 35.4 Å². The number of anilines is 1. The molecule has 45 heavy (non-hydrogen) atoms. The number of methoxy groups -OCH3 is 1. The Morgan fingerprint density at radius 3 is 2.36 bits per heavy atom. The van der Waals surface area contributed by atoms with Crippen LogP contribution in [0.25, 0.3) is 0 Å². The number of hydroxylamine groups is 2. The molecule has 0 spiro atoms. The Morgan fingerprint density at radius 2 is 1.67 bits per heavy atom. The first-order valence-electron chi connectivity index (χ1n) is 14.4. The average Bonchev–Trinajstić information content (AvgIpc) is 3.39. The monoisotopic (exact) mass is 631 g/mol. The minimum absolute atomic E-state index is 0.00408. The van der Waals surface area contributed by atoms with Crippen LogP contribution in [0.3, 0.4) is 0 Å². The van der Waals surface area contributed by atoms with Gasteiger partial charge in [0.05, 0.1) is 36.0 Å². The molecule has 7 rings (SSSR count). The zero-order valence-corrected chi connectivity index (χ0v) is 24.6. The van der Waals surface area contributed by atoms with Crippen LogP contribution in [0.5, 0.6) is 11.5 Å². The molecule has 0 aromatic heterocycles. The van der Waals surface area contributed by atoms with Crippen LogP contribution in [0.15, 0.2) is 78.4 Å². The summed E-state index contributed by atoms with van der Waals surface area (Å²) in [6.45, 7) is 0. The van der Waals surface area contributed by atoms with Crippen molar-refractivity contribution in [1.29, 1.82) is 0 Å². The summed E-state index contributed by atoms with van der Waals surface area (Å²) < 4.78 is 19.2. The molecule has 2 aliphatic carbocycles. The third kappa shape index (κ3) is 4.10. The van der Waals surface area contributed by atoms with E-state index in [4.69, 9.17) is 16.3 Å². The van der Waals surface area contributed by atoms with E-state index in [0.29, 0.717) is 21.9 Å². The molecule has 3 aromatic rings. The first-order valence-corrected chi connectivity index (χ1v) is 14.8. The lowest BCUT2D eigenvalue weighted by Gasteiger charge is -2.50. The summed E-state index contributed by atoms with van der Waals surface area (Å²) >= 11 is 6.27. The van der Waals surface area contributed by atoms with Gasteiger partial charge in [0.25, 0.3) is 23.6 Å². The molecule has 2 aliphatic heterocycles. The van der Waals surface area contributed by atoms with Crippen molar-refractivity contribution in [2.24, 2.45) is 23.7 Å². The molecule has 2 heterocycles. The topological polar surface area (TPSA) is 136 Å². The number of carbonyl (C=O) groups excluding carboxylic acids is 4. The molecule has 6 atom stereocenters. The number of phenols is 1. The van der Waals surface area contributed by atoms with Crippen molar-refractivity contribution >= 4 is 40.9 Å². The molecular formula is C33H27ClFN3O7. The van der Waals surface area contributed by atoms with E-state index in [-0.39, 0.29) is 34.9 Å². The number of fused-ring (bicyclic) bond motifs is 4. The molecule has 230 valence electrons. The molecule has 4 aliphatic rings. The van der Waals surface area contributed by atoms with Gasteiger partial charge in [-0.05, 0) is 78.9 Å². The lowest BCUT2D eigenvalue weighted by Crippen LogP contribution is -2.53. The van der Waals surface area contributed by atoms with E-state index in [1.807, 2.05) is 0 Å². The van der Waals surface area contributed by atoms with Crippen LogP contribution in [0.1, 0.15) is 29.9 Å². The van der Waals surface area contributed by atoms with Crippen LogP contribution >= 0.6 is 11.6 Å². The molecule has 0 radical (unpaired) electrons. The number of nitrogens with one attached hydrogen (secondary N) is 1. The first-order chi connectivity index (χ1) is 21.6. The third-order valence-electron chi connectivity index (χ3n) is 9.78. The summed E-state index contributed by atoms with van der Waals surface area (Å²) in [5.41, 5.74) is 2.81. The molecule has 0 bridgehead atoms. The Kier molecular flexibility index (Phi) is 6.72. The molecule has 12 heteroatoms. The highest BCUT2D eigenvalue weighted by Crippen LogP contribution is 2.65. The van der Waals surface area contributed by atoms with Gasteiger partial charge >= 0.3 is 0 Å². The number of rotatable bonds is 5. The maximum Gasteiger partial charge on any atom is 0.260 e. The minimum Gasteiger partial charge on any atom is -0.508 e. The molecule has 4 amide bonds. The lowest BCUT2D eigenvalue weighted by atomic mass is 9.49. The van der Waals surface area contributed by atoms with Crippen molar-refractivity contribution in [2.45, 2.75) is 24.2 Å². The van der Waals surface area contributed by atoms with Crippen LogP contribution in [0.2, 0.25) is 5.02 Å². The highest BCUT2D eigenvalue weighted by molar-refractivity contribution is 6.30. The molecule has 1 saturated carbocycles. The van der Waals surface area contributed by atoms with Crippen molar-refractivity contribution in [3.05, 3.63) is 100 Å².